The molecule has 144 valence electrons. The number of aromatic nitrogens is 2. The van der Waals surface area contributed by atoms with Crippen LogP contribution in [-0.2, 0) is 11.3 Å². The molecule has 0 aliphatic carbocycles. The van der Waals surface area contributed by atoms with Gasteiger partial charge in [-0.15, -0.1) is 11.3 Å². The molecule has 0 bridgehead atoms. The van der Waals surface area contributed by atoms with Gasteiger partial charge in [-0.25, -0.2) is 9.97 Å². The standard InChI is InChI=1S/C20H20N4O3S/c25-19(15-6-7-18(21-12-15)27-17-4-2-1-3-5-17)23-20-22-16(14-28-20)13-24-8-10-26-11-9-24/h1-7,12,14H,8-11,13H2,(H,22,23,25). The van der Waals surface area contributed by atoms with Crippen LogP contribution in [0.5, 0.6) is 11.6 Å². The molecule has 1 aliphatic heterocycles. The summed E-state index contributed by atoms with van der Waals surface area (Å²) in [4.78, 5) is 23.4. The van der Waals surface area contributed by atoms with E-state index in [9.17, 15) is 4.79 Å². The molecule has 1 aromatic carbocycles. The van der Waals surface area contributed by atoms with Gasteiger partial charge in [0.25, 0.3) is 5.91 Å². The van der Waals surface area contributed by atoms with Crippen LogP contribution in [-0.4, -0.2) is 47.1 Å². The van der Waals surface area contributed by atoms with Crippen molar-refractivity contribution in [2.24, 2.45) is 0 Å². The fourth-order valence-corrected chi connectivity index (χ4v) is 3.48. The highest BCUT2D eigenvalue weighted by molar-refractivity contribution is 7.13. The molecule has 0 unspecified atom stereocenters. The topological polar surface area (TPSA) is 76.6 Å². The molecule has 0 radical (unpaired) electrons. The Morgan fingerprint density at radius 2 is 2.00 bits per heavy atom. The van der Waals surface area contributed by atoms with E-state index in [-0.39, 0.29) is 5.91 Å². The molecule has 3 heterocycles. The number of rotatable bonds is 6. The number of ether oxygens (including phenoxy) is 2. The fraction of sp³-hybridized carbons (Fsp3) is 0.250. The van der Waals surface area contributed by atoms with Gasteiger partial charge in [-0.05, 0) is 18.2 Å². The fourth-order valence-electron chi connectivity index (χ4n) is 2.78. The number of carbonyl (C=O) groups excluding carboxylic acids is 1. The van der Waals surface area contributed by atoms with E-state index >= 15 is 0 Å². The highest BCUT2D eigenvalue weighted by Crippen LogP contribution is 2.20. The van der Waals surface area contributed by atoms with Crippen molar-refractivity contribution in [3.8, 4) is 11.6 Å². The summed E-state index contributed by atoms with van der Waals surface area (Å²) in [6, 6.07) is 12.7. The van der Waals surface area contributed by atoms with Crippen LogP contribution in [0.1, 0.15) is 16.1 Å². The van der Waals surface area contributed by atoms with Gasteiger partial charge in [-0.3, -0.25) is 15.0 Å². The molecule has 4 rings (SSSR count). The molecule has 1 saturated heterocycles. The van der Waals surface area contributed by atoms with Gasteiger partial charge in [0.1, 0.15) is 5.75 Å². The van der Waals surface area contributed by atoms with Crippen molar-refractivity contribution >= 4 is 22.4 Å². The Labute approximate surface area is 167 Å². The van der Waals surface area contributed by atoms with Crippen molar-refractivity contribution in [2.75, 3.05) is 31.6 Å². The SMILES string of the molecule is O=C(Nc1nc(CN2CCOCC2)cs1)c1ccc(Oc2ccccc2)nc1. The number of nitrogens with one attached hydrogen (secondary N) is 1. The normalized spacial score (nSPS) is 14.6. The van der Waals surface area contributed by atoms with E-state index in [4.69, 9.17) is 9.47 Å². The van der Waals surface area contributed by atoms with Crippen LogP contribution in [0.3, 0.4) is 0 Å². The predicted molar refractivity (Wildman–Crippen MR) is 107 cm³/mol. The molecule has 1 N–H and O–H groups in total. The van der Waals surface area contributed by atoms with Crippen molar-refractivity contribution < 1.29 is 14.3 Å². The van der Waals surface area contributed by atoms with E-state index in [0.29, 0.717) is 22.3 Å². The van der Waals surface area contributed by atoms with E-state index in [1.54, 1.807) is 12.1 Å². The van der Waals surface area contributed by atoms with Crippen molar-refractivity contribution in [3.63, 3.8) is 0 Å². The zero-order valence-electron chi connectivity index (χ0n) is 15.2. The maximum atomic E-state index is 12.4. The molecule has 1 amide bonds. The highest BCUT2D eigenvalue weighted by Gasteiger charge is 2.14. The minimum atomic E-state index is -0.244. The molecule has 0 saturated carbocycles. The van der Waals surface area contributed by atoms with E-state index in [1.165, 1.54) is 17.5 Å². The first-order valence-electron chi connectivity index (χ1n) is 9.01. The van der Waals surface area contributed by atoms with E-state index in [2.05, 4.69) is 20.2 Å². The first-order valence-corrected chi connectivity index (χ1v) is 9.89. The van der Waals surface area contributed by atoms with Crippen LogP contribution in [0.25, 0.3) is 0 Å². The molecule has 28 heavy (non-hydrogen) atoms. The zero-order chi connectivity index (χ0) is 19.2. The lowest BCUT2D eigenvalue weighted by molar-refractivity contribution is 0.0337. The number of carbonyl (C=O) groups is 1. The molecule has 0 atom stereocenters. The number of morpholine rings is 1. The molecule has 1 fully saturated rings. The number of para-hydroxylation sites is 1. The molecular weight excluding hydrogens is 376 g/mol. The van der Waals surface area contributed by atoms with Crippen LogP contribution in [0.2, 0.25) is 0 Å². The van der Waals surface area contributed by atoms with Crippen LogP contribution >= 0.6 is 11.3 Å². The van der Waals surface area contributed by atoms with Crippen molar-refractivity contribution in [2.45, 2.75) is 6.54 Å². The van der Waals surface area contributed by atoms with Crippen LogP contribution < -0.4 is 10.1 Å². The predicted octanol–water partition coefficient (Wildman–Crippen LogP) is 3.41. The maximum absolute atomic E-state index is 12.4. The van der Waals surface area contributed by atoms with Crippen LogP contribution in [0, 0.1) is 0 Å². The lowest BCUT2D eigenvalue weighted by Crippen LogP contribution is -2.35. The Bertz CT molecular complexity index is 909. The quantitative estimate of drug-likeness (QED) is 0.688. The minimum absolute atomic E-state index is 0.244. The molecule has 0 spiro atoms. The van der Waals surface area contributed by atoms with Gasteiger partial charge in [0.2, 0.25) is 5.88 Å². The lowest BCUT2D eigenvalue weighted by Gasteiger charge is -2.25. The smallest absolute Gasteiger partial charge is 0.259 e. The zero-order valence-corrected chi connectivity index (χ0v) is 16.0. The van der Waals surface area contributed by atoms with Gasteiger partial charge in [0, 0.05) is 37.3 Å². The molecule has 3 aromatic rings. The third-order valence-electron chi connectivity index (χ3n) is 4.23. The lowest BCUT2D eigenvalue weighted by atomic mass is 10.3. The summed E-state index contributed by atoms with van der Waals surface area (Å²) in [7, 11) is 0. The van der Waals surface area contributed by atoms with E-state index < -0.39 is 0 Å². The summed E-state index contributed by atoms with van der Waals surface area (Å²) in [6.07, 6.45) is 1.50. The Morgan fingerprint density at radius 3 is 2.75 bits per heavy atom. The molecular formula is C20H20N4O3S. The Hall–Kier alpha value is -2.81. The summed E-state index contributed by atoms with van der Waals surface area (Å²) in [5, 5.41) is 5.38. The Balaban J connectivity index is 1.33. The van der Waals surface area contributed by atoms with Gasteiger partial charge in [-0.2, -0.15) is 0 Å². The monoisotopic (exact) mass is 396 g/mol. The number of anilines is 1. The van der Waals surface area contributed by atoms with Gasteiger partial charge >= 0.3 is 0 Å². The van der Waals surface area contributed by atoms with E-state index in [0.717, 1.165) is 38.5 Å². The first kappa shape index (κ1) is 18.5. The van der Waals surface area contributed by atoms with Crippen molar-refractivity contribution in [1.82, 2.24) is 14.9 Å². The molecule has 1 aliphatic rings. The molecule has 2 aromatic heterocycles. The third-order valence-corrected chi connectivity index (χ3v) is 5.03. The first-order chi connectivity index (χ1) is 13.8. The van der Waals surface area contributed by atoms with Crippen LogP contribution in [0.15, 0.2) is 54.0 Å². The average molecular weight is 396 g/mol. The summed E-state index contributed by atoms with van der Waals surface area (Å²) in [5.41, 5.74) is 1.40. The number of nitrogens with zero attached hydrogens (tertiary/aromatic N) is 3. The number of thiazole rings is 1. The summed E-state index contributed by atoms with van der Waals surface area (Å²) in [5.74, 6) is 0.888. The number of pyridine rings is 1. The largest absolute Gasteiger partial charge is 0.439 e. The maximum Gasteiger partial charge on any atom is 0.259 e. The minimum Gasteiger partial charge on any atom is -0.439 e. The summed E-state index contributed by atoms with van der Waals surface area (Å²) >= 11 is 1.42. The molecule has 7 nitrogen and oxygen atoms in total. The van der Waals surface area contributed by atoms with Crippen molar-refractivity contribution in [1.29, 1.82) is 0 Å². The van der Waals surface area contributed by atoms with E-state index in [1.807, 2.05) is 35.7 Å². The summed E-state index contributed by atoms with van der Waals surface area (Å²) in [6.45, 7) is 4.09. The van der Waals surface area contributed by atoms with Crippen molar-refractivity contribution in [3.05, 3.63) is 65.3 Å². The van der Waals surface area contributed by atoms with Gasteiger partial charge in [0.05, 0.1) is 24.5 Å². The van der Waals surface area contributed by atoms with Gasteiger partial charge in [0.15, 0.2) is 5.13 Å². The number of amides is 1. The van der Waals surface area contributed by atoms with Gasteiger partial charge in [-0.1, -0.05) is 18.2 Å². The Kier molecular flexibility index (Phi) is 5.91. The second-order valence-electron chi connectivity index (χ2n) is 6.29. The highest BCUT2D eigenvalue weighted by atomic mass is 32.1. The van der Waals surface area contributed by atoms with Crippen LogP contribution in [0.4, 0.5) is 5.13 Å². The number of hydrogen-bond acceptors (Lipinski definition) is 7. The van der Waals surface area contributed by atoms with Gasteiger partial charge < -0.3 is 9.47 Å². The second kappa shape index (κ2) is 8.92. The third kappa shape index (κ3) is 4.92. The molecule has 8 heteroatoms. The number of hydrogen-bond donors (Lipinski definition) is 1. The summed E-state index contributed by atoms with van der Waals surface area (Å²) < 4.78 is 11.0. The number of benzene rings is 1. The Morgan fingerprint density at radius 1 is 1.18 bits per heavy atom. The second-order valence-corrected chi connectivity index (χ2v) is 7.14. The average Bonchev–Trinajstić information content (AvgIpc) is 3.17.